The van der Waals surface area contributed by atoms with E-state index in [1.165, 1.54) is 17.2 Å². The lowest BCUT2D eigenvalue weighted by atomic mass is 9.97. The summed E-state index contributed by atoms with van der Waals surface area (Å²) in [5.74, 6) is -0.225. The van der Waals surface area contributed by atoms with Gasteiger partial charge in [0.05, 0.1) is 24.3 Å². The van der Waals surface area contributed by atoms with Crippen molar-refractivity contribution in [1.82, 2.24) is 20.1 Å². The van der Waals surface area contributed by atoms with Gasteiger partial charge in [-0.3, -0.25) is 14.6 Å². The van der Waals surface area contributed by atoms with Crippen LogP contribution in [-0.2, 0) is 35.3 Å². The highest BCUT2D eigenvalue weighted by Crippen LogP contribution is 2.31. The molecule has 2 heterocycles. The summed E-state index contributed by atoms with van der Waals surface area (Å²) in [4.78, 5) is 32.2. The first-order chi connectivity index (χ1) is 16.2. The number of rotatable bonds is 9. The summed E-state index contributed by atoms with van der Waals surface area (Å²) in [5.41, 5.74) is 1.87. The van der Waals surface area contributed by atoms with Crippen LogP contribution in [0.4, 0.5) is 18.9 Å². The van der Waals surface area contributed by atoms with Crippen molar-refractivity contribution in [2.45, 2.75) is 39.0 Å². The van der Waals surface area contributed by atoms with Gasteiger partial charge >= 0.3 is 6.18 Å². The van der Waals surface area contributed by atoms with Crippen molar-refractivity contribution in [3.05, 3.63) is 58.9 Å². The van der Waals surface area contributed by atoms with E-state index in [0.717, 1.165) is 22.9 Å². The Morgan fingerprint density at radius 1 is 1.21 bits per heavy atom. The molecule has 2 amide bonds. The molecule has 0 aliphatic carbocycles. The van der Waals surface area contributed by atoms with Gasteiger partial charge in [-0.25, -0.2) is 0 Å². The first kappa shape index (κ1) is 25.5. The van der Waals surface area contributed by atoms with Crippen molar-refractivity contribution in [3.8, 4) is 0 Å². The van der Waals surface area contributed by atoms with Gasteiger partial charge in [0.2, 0.25) is 11.8 Å². The summed E-state index contributed by atoms with van der Waals surface area (Å²) >= 11 is 0. The number of aromatic nitrogens is 1. The Balaban J connectivity index is 1.72. The molecular weight excluding hydrogens is 447 g/mol. The number of nitrogens with one attached hydrogen (secondary N) is 2. The highest BCUT2D eigenvalue weighted by atomic mass is 19.4. The number of hydrogen-bond donors (Lipinski definition) is 2. The zero-order chi connectivity index (χ0) is 24.7. The number of likely N-dealkylation sites (N-methyl/N-ethyl adjacent to an activating group) is 1. The summed E-state index contributed by atoms with van der Waals surface area (Å²) in [5, 5.41) is 6.09. The van der Waals surface area contributed by atoms with E-state index >= 15 is 0 Å². The first-order valence-corrected chi connectivity index (χ1v) is 11.3. The molecule has 0 unspecified atom stereocenters. The Labute approximate surface area is 197 Å². The normalized spacial score (nSPS) is 13.4. The van der Waals surface area contributed by atoms with Crippen LogP contribution in [0.1, 0.15) is 35.7 Å². The molecule has 0 saturated heterocycles. The molecule has 1 aliphatic rings. The van der Waals surface area contributed by atoms with Crippen LogP contribution in [0.15, 0.2) is 36.5 Å². The number of amides is 2. The maximum Gasteiger partial charge on any atom is 0.418 e. The van der Waals surface area contributed by atoms with E-state index in [9.17, 15) is 22.8 Å². The number of alkyl halides is 3. The molecule has 0 spiro atoms. The van der Waals surface area contributed by atoms with E-state index in [1.807, 2.05) is 30.0 Å². The van der Waals surface area contributed by atoms with Crippen LogP contribution in [0.3, 0.4) is 0 Å². The lowest BCUT2D eigenvalue weighted by Crippen LogP contribution is -2.40. The summed E-state index contributed by atoms with van der Waals surface area (Å²) in [7, 11) is 1.71. The van der Waals surface area contributed by atoms with Gasteiger partial charge in [0.15, 0.2) is 0 Å². The number of nitrogens with zero attached hydrogens (tertiary/aromatic N) is 3. The molecule has 7 nitrogen and oxygen atoms in total. The van der Waals surface area contributed by atoms with Crippen LogP contribution in [0, 0.1) is 0 Å². The van der Waals surface area contributed by atoms with E-state index in [0.29, 0.717) is 32.5 Å². The van der Waals surface area contributed by atoms with Crippen LogP contribution >= 0.6 is 0 Å². The molecule has 0 fully saturated rings. The zero-order valence-electron chi connectivity index (χ0n) is 19.4. The van der Waals surface area contributed by atoms with Crippen molar-refractivity contribution in [2.75, 3.05) is 38.5 Å². The van der Waals surface area contributed by atoms with E-state index in [2.05, 4.69) is 15.6 Å². The summed E-state index contributed by atoms with van der Waals surface area (Å²) in [6.45, 7) is 3.35. The van der Waals surface area contributed by atoms with Gasteiger partial charge < -0.3 is 20.4 Å². The third kappa shape index (κ3) is 6.25. The van der Waals surface area contributed by atoms with Crippen molar-refractivity contribution in [1.29, 1.82) is 0 Å². The topological polar surface area (TPSA) is 77.6 Å². The monoisotopic (exact) mass is 477 g/mol. The van der Waals surface area contributed by atoms with E-state index < -0.39 is 11.7 Å². The Morgan fingerprint density at radius 2 is 2.00 bits per heavy atom. The van der Waals surface area contributed by atoms with Gasteiger partial charge in [-0.1, -0.05) is 19.1 Å². The molecule has 0 bridgehead atoms. The van der Waals surface area contributed by atoms with E-state index in [-0.39, 0.29) is 37.1 Å². The van der Waals surface area contributed by atoms with Gasteiger partial charge in [-0.05, 0) is 42.8 Å². The van der Waals surface area contributed by atoms with Crippen LogP contribution in [0.2, 0.25) is 0 Å². The molecule has 34 heavy (non-hydrogen) atoms. The van der Waals surface area contributed by atoms with Crippen molar-refractivity contribution in [2.24, 2.45) is 0 Å². The van der Waals surface area contributed by atoms with Crippen LogP contribution in [0.5, 0.6) is 0 Å². The summed E-state index contributed by atoms with van der Waals surface area (Å²) in [6, 6.07) is 7.93. The fraction of sp³-hybridized carbons (Fsp3) is 0.458. The Hall–Kier alpha value is -3.14. The lowest BCUT2D eigenvalue weighted by molar-refractivity contribution is -0.140. The predicted octanol–water partition coefficient (Wildman–Crippen LogP) is 3.06. The van der Waals surface area contributed by atoms with E-state index in [4.69, 9.17) is 0 Å². The minimum absolute atomic E-state index is 0.0635. The lowest BCUT2D eigenvalue weighted by Gasteiger charge is -2.30. The van der Waals surface area contributed by atoms with Gasteiger partial charge in [0.1, 0.15) is 0 Å². The number of fused-ring (bicyclic) bond motifs is 1. The van der Waals surface area contributed by atoms with Gasteiger partial charge in [0.25, 0.3) is 0 Å². The van der Waals surface area contributed by atoms with Crippen LogP contribution < -0.4 is 10.6 Å². The fourth-order valence-electron chi connectivity index (χ4n) is 4.04. The zero-order valence-corrected chi connectivity index (χ0v) is 19.4. The van der Waals surface area contributed by atoms with Gasteiger partial charge in [-0.2, -0.15) is 13.2 Å². The van der Waals surface area contributed by atoms with Crippen LogP contribution in [-0.4, -0.2) is 59.8 Å². The number of halogens is 3. The number of hydrogen-bond acceptors (Lipinski definition) is 5. The molecular formula is C24H30F3N5O2. The van der Waals surface area contributed by atoms with Crippen LogP contribution in [0.25, 0.3) is 0 Å². The maximum atomic E-state index is 13.4. The molecule has 1 aliphatic heterocycles. The molecule has 1 aromatic carbocycles. The van der Waals surface area contributed by atoms with Crippen molar-refractivity contribution in [3.63, 3.8) is 0 Å². The third-order valence-corrected chi connectivity index (χ3v) is 5.87. The number of benzene rings is 1. The number of carbonyl (C=O) groups excluding carboxylic acids is 2. The maximum absolute atomic E-state index is 13.4. The Kier molecular flexibility index (Phi) is 8.49. The smallest absolute Gasteiger partial charge is 0.376 e. The van der Waals surface area contributed by atoms with Crippen molar-refractivity contribution >= 4 is 17.5 Å². The molecule has 10 heteroatoms. The second-order valence-electron chi connectivity index (χ2n) is 8.13. The third-order valence-electron chi connectivity index (χ3n) is 5.87. The molecule has 1 aromatic heterocycles. The van der Waals surface area contributed by atoms with Gasteiger partial charge in [0, 0.05) is 44.5 Å². The van der Waals surface area contributed by atoms with Gasteiger partial charge in [-0.15, -0.1) is 0 Å². The average molecular weight is 478 g/mol. The fourth-order valence-corrected chi connectivity index (χ4v) is 4.04. The second kappa shape index (κ2) is 11.3. The van der Waals surface area contributed by atoms with E-state index in [1.54, 1.807) is 7.05 Å². The molecule has 0 saturated carbocycles. The average Bonchev–Trinajstić information content (AvgIpc) is 2.83. The molecule has 0 radical (unpaired) electrons. The molecule has 3 rings (SSSR count). The number of pyridine rings is 1. The summed E-state index contributed by atoms with van der Waals surface area (Å²) < 4.78 is 40.2. The Bertz CT molecular complexity index is 1010. The SMILES string of the molecule is CCC(=O)N1CCc2c(cccc2NCC(=O)N(CCNC)Cc2ncccc2C(F)(F)F)C1. The Morgan fingerprint density at radius 3 is 2.71 bits per heavy atom. The van der Waals surface area contributed by atoms with Crippen molar-refractivity contribution < 1.29 is 22.8 Å². The molecule has 184 valence electrons. The first-order valence-electron chi connectivity index (χ1n) is 11.3. The molecule has 0 atom stereocenters. The quantitative estimate of drug-likeness (QED) is 0.581. The number of carbonyl (C=O) groups is 2. The minimum atomic E-state index is -4.55. The predicted molar refractivity (Wildman–Crippen MR) is 123 cm³/mol. The largest absolute Gasteiger partial charge is 0.418 e. The molecule has 2 N–H and O–H groups in total. The molecule has 2 aromatic rings. The standard InChI is InChI=1S/C24H30F3N5O2/c1-3-22(33)31-12-9-18-17(15-31)6-4-8-20(18)30-14-23(34)32(13-11-28-2)16-21-19(24(25,26)27)7-5-10-29-21/h4-8,10,28,30H,3,9,11-16H2,1-2H3. The summed E-state index contributed by atoms with van der Waals surface area (Å²) in [6.07, 6.45) is -2.12. The highest BCUT2D eigenvalue weighted by molar-refractivity contribution is 5.81. The number of anilines is 1. The second-order valence-corrected chi connectivity index (χ2v) is 8.13. The minimum Gasteiger partial charge on any atom is -0.376 e. The highest BCUT2D eigenvalue weighted by Gasteiger charge is 2.34.